The van der Waals surface area contributed by atoms with Crippen LogP contribution in [0.25, 0.3) is 0 Å². The number of hydrogen-bond donors (Lipinski definition) is 1. The zero-order valence-electron chi connectivity index (χ0n) is 9.34. The van der Waals surface area contributed by atoms with Crippen molar-refractivity contribution in [3.8, 4) is 0 Å². The first-order valence-electron chi connectivity index (χ1n) is 5.53. The number of rotatable bonds is 4. The average Bonchev–Trinajstić information content (AvgIpc) is 2.48. The molecule has 1 heterocycles. The minimum atomic E-state index is 0.526. The second-order valence-corrected chi connectivity index (χ2v) is 4.70. The lowest BCUT2D eigenvalue weighted by Gasteiger charge is -2.34. The molecule has 0 aromatic heterocycles. The van der Waals surface area contributed by atoms with Crippen LogP contribution in [-0.4, -0.2) is 31.6 Å². The van der Waals surface area contributed by atoms with Gasteiger partial charge in [0.2, 0.25) is 0 Å². The zero-order chi connectivity index (χ0) is 9.90. The molecule has 78 valence electrons. The van der Waals surface area contributed by atoms with Gasteiger partial charge in [0.05, 0.1) is 0 Å². The van der Waals surface area contributed by atoms with Crippen LogP contribution in [0, 0.1) is 11.3 Å². The summed E-state index contributed by atoms with van der Waals surface area (Å²) in [6.45, 7) is 8.03. The maximum Gasteiger partial charge on any atom is 0.00384 e. The molecule has 2 unspecified atom stereocenters. The summed E-state index contributed by atoms with van der Waals surface area (Å²) < 4.78 is 0. The van der Waals surface area contributed by atoms with E-state index in [-0.39, 0.29) is 0 Å². The Morgan fingerprint density at radius 2 is 2.23 bits per heavy atom. The van der Waals surface area contributed by atoms with Crippen LogP contribution in [0.3, 0.4) is 0 Å². The summed E-state index contributed by atoms with van der Waals surface area (Å²) in [4.78, 5) is 2.45. The molecule has 1 fully saturated rings. The molecular formula is C11H24N2. The predicted molar refractivity (Wildman–Crippen MR) is 57.7 cm³/mol. The van der Waals surface area contributed by atoms with Crippen molar-refractivity contribution in [1.29, 1.82) is 0 Å². The van der Waals surface area contributed by atoms with Gasteiger partial charge in [0.25, 0.3) is 0 Å². The maximum atomic E-state index is 5.71. The Kier molecular flexibility index (Phi) is 3.74. The minimum absolute atomic E-state index is 0.526. The zero-order valence-corrected chi connectivity index (χ0v) is 9.34. The van der Waals surface area contributed by atoms with Gasteiger partial charge in [-0.25, -0.2) is 0 Å². The molecule has 0 aromatic rings. The summed E-state index contributed by atoms with van der Waals surface area (Å²) in [7, 11) is 2.22. The number of hydrogen-bond acceptors (Lipinski definition) is 2. The highest BCUT2D eigenvalue weighted by Crippen LogP contribution is 2.41. The first-order chi connectivity index (χ1) is 6.14. The predicted octanol–water partition coefficient (Wildman–Crippen LogP) is 1.70. The van der Waals surface area contributed by atoms with Crippen LogP contribution in [0.15, 0.2) is 0 Å². The summed E-state index contributed by atoms with van der Waals surface area (Å²) in [5.41, 5.74) is 6.24. The number of likely N-dealkylation sites (tertiary alicyclic amines) is 1. The summed E-state index contributed by atoms with van der Waals surface area (Å²) >= 11 is 0. The quantitative estimate of drug-likeness (QED) is 0.720. The standard InChI is InChI=1S/C11H24N2/c1-4-10(2)11(5-7-12)6-8-13(3)9-11/h10H,4-9,12H2,1-3H3. The van der Waals surface area contributed by atoms with Crippen molar-refractivity contribution in [2.75, 3.05) is 26.7 Å². The molecule has 2 atom stereocenters. The van der Waals surface area contributed by atoms with Crippen LogP contribution in [0.5, 0.6) is 0 Å². The van der Waals surface area contributed by atoms with Crippen molar-refractivity contribution in [2.24, 2.45) is 17.1 Å². The van der Waals surface area contributed by atoms with Crippen molar-refractivity contribution < 1.29 is 0 Å². The Labute approximate surface area is 82.5 Å². The SMILES string of the molecule is CCC(C)C1(CCN)CCN(C)C1. The van der Waals surface area contributed by atoms with Crippen LogP contribution >= 0.6 is 0 Å². The summed E-state index contributed by atoms with van der Waals surface area (Å²) in [6.07, 6.45) is 3.83. The van der Waals surface area contributed by atoms with E-state index in [0.29, 0.717) is 5.41 Å². The molecule has 0 saturated carbocycles. The van der Waals surface area contributed by atoms with E-state index in [9.17, 15) is 0 Å². The summed E-state index contributed by atoms with van der Waals surface area (Å²) in [5.74, 6) is 0.820. The molecule has 1 aliphatic rings. The van der Waals surface area contributed by atoms with Gasteiger partial charge in [-0.05, 0) is 44.3 Å². The molecule has 1 aliphatic heterocycles. The second kappa shape index (κ2) is 4.43. The van der Waals surface area contributed by atoms with Gasteiger partial charge in [0.15, 0.2) is 0 Å². The first kappa shape index (κ1) is 11.0. The van der Waals surface area contributed by atoms with Gasteiger partial charge in [0.1, 0.15) is 0 Å². The molecule has 0 aromatic carbocycles. The molecule has 2 heteroatoms. The highest BCUT2D eigenvalue weighted by molar-refractivity contribution is 4.92. The van der Waals surface area contributed by atoms with Gasteiger partial charge in [-0.2, -0.15) is 0 Å². The molecule has 2 nitrogen and oxygen atoms in total. The van der Waals surface area contributed by atoms with E-state index < -0.39 is 0 Å². The van der Waals surface area contributed by atoms with Crippen molar-refractivity contribution in [3.05, 3.63) is 0 Å². The molecule has 0 spiro atoms. The smallest absolute Gasteiger partial charge is 0.00384 e. The second-order valence-electron chi connectivity index (χ2n) is 4.70. The molecule has 0 bridgehead atoms. The monoisotopic (exact) mass is 184 g/mol. The van der Waals surface area contributed by atoms with E-state index in [1.165, 1.54) is 32.4 Å². The fourth-order valence-electron chi connectivity index (χ4n) is 2.68. The fourth-order valence-corrected chi connectivity index (χ4v) is 2.68. The van der Waals surface area contributed by atoms with Crippen LogP contribution in [0.1, 0.15) is 33.1 Å². The number of nitrogens with two attached hydrogens (primary N) is 1. The molecular weight excluding hydrogens is 160 g/mol. The van der Waals surface area contributed by atoms with E-state index in [2.05, 4.69) is 25.8 Å². The number of nitrogens with zero attached hydrogens (tertiary/aromatic N) is 1. The molecule has 1 rings (SSSR count). The molecule has 13 heavy (non-hydrogen) atoms. The van der Waals surface area contributed by atoms with Gasteiger partial charge in [-0.3, -0.25) is 0 Å². The van der Waals surface area contributed by atoms with Crippen molar-refractivity contribution in [3.63, 3.8) is 0 Å². The minimum Gasteiger partial charge on any atom is -0.330 e. The van der Waals surface area contributed by atoms with Crippen LogP contribution in [0.4, 0.5) is 0 Å². The third-order valence-corrected chi connectivity index (χ3v) is 3.88. The van der Waals surface area contributed by atoms with Gasteiger partial charge in [-0.1, -0.05) is 20.3 Å². The third kappa shape index (κ3) is 2.23. The Balaban J connectivity index is 2.64. The summed E-state index contributed by atoms with van der Waals surface area (Å²) in [6, 6.07) is 0. The van der Waals surface area contributed by atoms with Gasteiger partial charge in [0, 0.05) is 6.54 Å². The highest BCUT2D eigenvalue weighted by Gasteiger charge is 2.39. The largest absolute Gasteiger partial charge is 0.330 e. The highest BCUT2D eigenvalue weighted by atomic mass is 15.1. The normalized spacial score (nSPS) is 32.3. The van der Waals surface area contributed by atoms with Gasteiger partial charge in [-0.15, -0.1) is 0 Å². The molecule has 0 radical (unpaired) electrons. The molecule has 0 amide bonds. The van der Waals surface area contributed by atoms with E-state index in [1.54, 1.807) is 0 Å². The van der Waals surface area contributed by atoms with Gasteiger partial charge < -0.3 is 10.6 Å². The first-order valence-corrected chi connectivity index (χ1v) is 5.53. The van der Waals surface area contributed by atoms with E-state index >= 15 is 0 Å². The topological polar surface area (TPSA) is 29.3 Å². The van der Waals surface area contributed by atoms with Crippen molar-refractivity contribution >= 4 is 0 Å². The Morgan fingerprint density at radius 3 is 2.62 bits per heavy atom. The lowest BCUT2D eigenvalue weighted by molar-refractivity contribution is 0.164. The fraction of sp³-hybridized carbons (Fsp3) is 1.00. The van der Waals surface area contributed by atoms with E-state index in [4.69, 9.17) is 5.73 Å². The van der Waals surface area contributed by atoms with Gasteiger partial charge >= 0.3 is 0 Å². The van der Waals surface area contributed by atoms with Crippen LogP contribution in [0.2, 0.25) is 0 Å². The van der Waals surface area contributed by atoms with E-state index in [0.717, 1.165) is 12.5 Å². The Bertz CT molecular complexity index is 154. The Hall–Kier alpha value is -0.0800. The van der Waals surface area contributed by atoms with Crippen molar-refractivity contribution in [1.82, 2.24) is 4.90 Å². The lowest BCUT2D eigenvalue weighted by atomic mass is 9.72. The third-order valence-electron chi connectivity index (χ3n) is 3.88. The van der Waals surface area contributed by atoms with Crippen LogP contribution < -0.4 is 5.73 Å². The van der Waals surface area contributed by atoms with E-state index in [1.807, 2.05) is 0 Å². The average molecular weight is 184 g/mol. The molecule has 0 aliphatic carbocycles. The molecule has 1 saturated heterocycles. The summed E-state index contributed by atoms with van der Waals surface area (Å²) in [5, 5.41) is 0. The van der Waals surface area contributed by atoms with Crippen LogP contribution in [-0.2, 0) is 0 Å². The lowest BCUT2D eigenvalue weighted by Crippen LogP contribution is -2.33. The maximum absolute atomic E-state index is 5.71. The van der Waals surface area contributed by atoms with Crippen molar-refractivity contribution in [2.45, 2.75) is 33.1 Å². The Morgan fingerprint density at radius 1 is 1.54 bits per heavy atom. The molecule has 2 N–H and O–H groups in total.